The first-order valence-electron chi connectivity index (χ1n) is 8.18. The van der Waals surface area contributed by atoms with Crippen molar-refractivity contribution in [2.24, 2.45) is 5.73 Å². The summed E-state index contributed by atoms with van der Waals surface area (Å²) < 4.78 is 32.7. The van der Waals surface area contributed by atoms with E-state index in [1.807, 2.05) is 0 Å². The number of halogens is 1. The number of ether oxygens (including phenoxy) is 1. The molecule has 0 bridgehead atoms. The maximum absolute atomic E-state index is 13.3. The van der Waals surface area contributed by atoms with Gasteiger partial charge in [0.15, 0.2) is 5.69 Å². The van der Waals surface area contributed by atoms with E-state index < -0.39 is 16.0 Å². The fourth-order valence-electron chi connectivity index (χ4n) is 3.31. The molecule has 0 radical (unpaired) electrons. The summed E-state index contributed by atoms with van der Waals surface area (Å²) in [6, 6.07) is 6.25. The molecule has 0 saturated carbocycles. The molecule has 1 aromatic heterocycles. The molecule has 1 saturated heterocycles. The van der Waals surface area contributed by atoms with Crippen molar-refractivity contribution in [1.29, 1.82) is 0 Å². The molecule has 7 nitrogen and oxygen atoms in total. The average molecular weight is 400 g/mol. The Kier molecular flexibility index (Phi) is 6.57. The summed E-state index contributed by atoms with van der Waals surface area (Å²) in [4.78, 5) is 16.1. The molecule has 1 aliphatic heterocycles. The van der Waals surface area contributed by atoms with Gasteiger partial charge in [-0.2, -0.15) is 4.31 Å². The van der Waals surface area contributed by atoms with E-state index >= 15 is 0 Å². The highest BCUT2D eigenvalue weighted by Gasteiger charge is 2.34. The van der Waals surface area contributed by atoms with Crippen LogP contribution in [0.15, 0.2) is 35.4 Å². The molecular weight excluding hydrogens is 378 g/mol. The Hall–Kier alpha value is -1.74. The first kappa shape index (κ1) is 20.6. The van der Waals surface area contributed by atoms with Crippen molar-refractivity contribution in [2.45, 2.75) is 30.2 Å². The van der Waals surface area contributed by atoms with Crippen molar-refractivity contribution in [3.8, 4) is 0 Å². The van der Waals surface area contributed by atoms with Crippen LogP contribution in [0.25, 0.3) is 10.8 Å². The Balaban J connectivity index is 0.00000243. The van der Waals surface area contributed by atoms with Gasteiger partial charge in [0.25, 0.3) is 0 Å². The first-order chi connectivity index (χ1) is 12.0. The zero-order valence-corrected chi connectivity index (χ0v) is 16.1. The van der Waals surface area contributed by atoms with Crippen LogP contribution in [0.4, 0.5) is 0 Å². The van der Waals surface area contributed by atoms with E-state index in [-0.39, 0.29) is 29.0 Å². The maximum atomic E-state index is 13.3. The van der Waals surface area contributed by atoms with Crippen molar-refractivity contribution >= 4 is 39.2 Å². The SMILES string of the molecule is COC(=O)c1nccc2c(S(=O)(=O)N3CCCCC3CN)cccc12.Cl. The lowest BCUT2D eigenvalue weighted by Crippen LogP contribution is -2.47. The van der Waals surface area contributed by atoms with Crippen molar-refractivity contribution in [2.75, 3.05) is 20.2 Å². The largest absolute Gasteiger partial charge is 0.464 e. The minimum absolute atomic E-state index is 0. The third-order valence-corrected chi connectivity index (χ3v) is 6.59. The Bertz CT molecular complexity index is 904. The number of benzene rings is 1. The Labute approximate surface area is 159 Å². The van der Waals surface area contributed by atoms with E-state index in [4.69, 9.17) is 10.5 Å². The number of esters is 1. The van der Waals surface area contributed by atoms with E-state index in [1.54, 1.807) is 24.3 Å². The molecule has 0 amide bonds. The molecule has 2 N–H and O–H groups in total. The molecular formula is C17H22ClN3O4S. The molecule has 1 fully saturated rings. The highest BCUT2D eigenvalue weighted by molar-refractivity contribution is 7.89. The summed E-state index contributed by atoms with van der Waals surface area (Å²) in [6.07, 6.45) is 3.97. The van der Waals surface area contributed by atoms with Crippen LogP contribution < -0.4 is 5.73 Å². The first-order valence-corrected chi connectivity index (χ1v) is 9.62. The number of hydrogen-bond acceptors (Lipinski definition) is 6. The third-order valence-electron chi connectivity index (χ3n) is 4.58. The fourth-order valence-corrected chi connectivity index (χ4v) is 5.23. The van der Waals surface area contributed by atoms with Crippen LogP contribution in [0.3, 0.4) is 0 Å². The average Bonchev–Trinajstić information content (AvgIpc) is 2.66. The lowest BCUT2D eigenvalue weighted by Gasteiger charge is -2.34. The van der Waals surface area contributed by atoms with Crippen LogP contribution in [-0.2, 0) is 14.8 Å². The number of sulfonamides is 1. The lowest BCUT2D eigenvalue weighted by molar-refractivity contribution is 0.0596. The molecule has 1 unspecified atom stereocenters. The van der Waals surface area contributed by atoms with Crippen molar-refractivity contribution in [3.05, 3.63) is 36.2 Å². The minimum Gasteiger partial charge on any atom is -0.464 e. The van der Waals surface area contributed by atoms with Crippen molar-refractivity contribution < 1.29 is 17.9 Å². The molecule has 2 aromatic rings. The second kappa shape index (κ2) is 8.30. The molecule has 0 spiro atoms. The molecule has 142 valence electrons. The normalized spacial score (nSPS) is 18.3. The summed E-state index contributed by atoms with van der Waals surface area (Å²) in [5.74, 6) is -0.599. The molecule has 1 atom stereocenters. The number of fused-ring (bicyclic) bond motifs is 1. The number of carbonyl (C=O) groups excluding carboxylic acids is 1. The molecule has 26 heavy (non-hydrogen) atoms. The maximum Gasteiger partial charge on any atom is 0.357 e. The highest BCUT2D eigenvalue weighted by Crippen LogP contribution is 2.30. The number of hydrogen-bond donors (Lipinski definition) is 1. The quantitative estimate of drug-likeness (QED) is 0.788. The standard InChI is InChI=1S/C17H21N3O4S.ClH/c1-24-17(21)16-14-6-4-7-15(13(14)8-9-19-16)25(22,23)20-10-3-2-5-12(20)11-18;/h4,6-9,12H,2-3,5,10-11,18H2,1H3;1H. The predicted molar refractivity (Wildman–Crippen MR) is 101 cm³/mol. The van der Waals surface area contributed by atoms with E-state index in [0.29, 0.717) is 23.9 Å². The van der Waals surface area contributed by atoms with Gasteiger partial charge in [-0.05, 0) is 25.0 Å². The van der Waals surface area contributed by atoms with Crippen LogP contribution in [-0.4, -0.2) is 49.9 Å². The summed E-state index contributed by atoms with van der Waals surface area (Å²) >= 11 is 0. The molecule has 3 rings (SSSR count). The molecule has 2 heterocycles. The van der Waals surface area contributed by atoms with Gasteiger partial charge in [0.2, 0.25) is 10.0 Å². The highest BCUT2D eigenvalue weighted by atomic mass is 35.5. The van der Waals surface area contributed by atoms with Gasteiger partial charge in [0.05, 0.1) is 12.0 Å². The van der Waals surface area contributed by atoms with Gasteiger partial charge in [-0.3, -0.25) is 0 Å². The smallest absolute Gasteiger partial charge is 0.357 e. The number of pyridine rings is 1. The lowest BCUT2D eigenvalue weighted by atomic mass is 10.1. The van der Waals surface area contributed by atoms with Crippen molar-refractivity contribution in [3.63, 3.8) is 0 Å². The summed E-state index contributed by atoms with van der Waals surface area (Å²) in [5.41, 5.74) is 5.89. The molecule has 0 aliphatic carbocycles. The van der Waals surface area contributed by atoms with Crippen LogP contribution >= 0.6 is 12.4 Å². The molecule has 1 aromatic carbocycles. The topological polar surface area (TPSA) is 103 Å². The molecule has 9 heteroatoms. The monoisotopic (exact) mass is 399 g/mol. The summed E-state index contributed by atoms with van der Waals surface area (Å²) in [5, 5.41) is 0.913. The second-order valence-electron chi connectivity index (χ2n) is 6.00. The number of piperidine rings is 1. The van der Waals surface area contributed by atoms with E-state index in [2.05, 4.69) is 4.98 Å². The van der Waals surface area contributed by atoms with Crippen LogP contribution in [0.2, 0.25) is 0 Å². The van der Waals surface area contributed by atoms with E-state index in [9.17, 15) is 13.2 Å². The van der Waals surface area contributed by atoms with E-state index in [1.165, 1.54) is 17.6 Å². The number of rotatable bonds is 4. The minimum atomic E-state index is -3.73. The Morgan fingerprint density at radius 2 is 2.08 bits per heavy atom. The predicted octanol–water partition coefficient (Wildman–Crippen LogP) is 1.95. The molecule has 1 aliphatic rings. The van der Waals surface area contributed by atoms with Gasteiger partial charge in [-0.25, -0.2) is 18.2 Å². The van der Waals surface area contributed by atoms with Gasteiger partial charge in [0, 0.05) is 36.1 Å². The van der Waals surface area contributed by atoms with Gasteiger partial charge in [-0.1, -0.05) is 18.6 Å². The van der Waals surface area contributed by atoms with Crippen molar-refractivity contribution in [1.82, 2.24) is 9.29 Å². The number of aromatic nitrogens is 1. The van der Waals surface area contributed by atoms with Gasteiger partial charge >= 0.3 is 5.97 Å². The van der Waals surface area contributed by atoms with Crippen LogP contribution in [0.1, 0.15) is 29.8 Å². The van der Waals surface area contributed by atoms with Crippen LogP contribution in [0.5, 0.6) is 0 Å². The van der Waals surface area contributed by atoms with Gasteiger partial charge in [-0.15, -0.1) is 12.4 Å². The number of nitrogens with two attached hydrogens (primary N) is 1. The summed E-state index contributed by atoms with van der Waals surface area (Å²) in [7, 11) is -2.46. The number of nitrogens with zero attached hydrogens (tertiary/aromatic N) is 2. The second-order valence-corrected chi connectivity index (χ2v) is 7.86. The number of carbonyl (C=O) groups is 1. The fraction of sp³-hybridized carbons (Fsp3) is 0.412. The number of methoxy groups -OCH3 is 1. The Morgan fingerprint density at radius 3 is 2.77 bits per heavy atom. The Morgan fingerprint density at radius 1 is 1.31 bits per heavy atom. The third kappa shape index (κ3) is 3.55. The zero-order valence-electron chi connectivity index (χ0n) is 14.4. The van der Waals surface area contributed by atoms with Gasteiger partial charge in [0.1, 0.15) is 0 Å². The van der Waals surface area contributed by atoms with Crippen LogP contribution in [0, 0.1) is 0 Å². The zero-order chi connectivity index (χ0) is 18.0. The van der Waals surface area contributed by atoms with Gasteiger partial charge < -0.3 is 10.5 Å². The summed E-state index contributed by atoms with van der Waals surface area (Å²) in [6.45, 7) is 0.745. The van der Waals surface area contributed by atoms with E-state index in [0.717, 1.165) is 19.3 Å².